The number of amides is 4. The number of nitrogens with zero attached hydrogens (tertiary/aromatic N) is 2. The minimum atomic E-state index is -0.763. The molecule has 9 nitrogen and oxygen atoms in total. The summed E-state index contributed by atoms with van der Waals surface area (Å²) in [4.78, 5) is 59.2. The summed E-state index contributed by atoms with van der Waals surface area (Å²) in [5, 5.41) is 32.5. The van der Waals surface area contributed by atoms with Gasteiger partial charge in [-0.3, -0.25) is 29.0 Å². The highest BCUT2D eigenvalue weighted by Gasteiger charge is 2.62. The van der Waals surface area contributed by atoms with Crippen molar-refractivity contribution in [2.24, 2.45) is 29.6 Å². The quantitative estimate of drug-likeness (QED) is 0.187. The van der Waals surface area contributed by atoms with Crippen LogP contribution in [0, 0.1) is 29.6 Å². The SMILES string of the molecule is O=C1C2CC=C3C(CC4C(=O)N(CCc5ccc(O)cc5)C(=O)C4C3c3c(O)ccc4ccccc34)C2C(=O)N1CCc1ccc(O)cc1. The van der Waals surface area contributed by atoms with Crippen molar-refractivity contribution in [3.63, 3.8) is 0 Å². The topological polar surface area (TPSA) is 135 Å². The highest BCUT2D eigenvalue weighted by atomic mass is 16.3. The van der Waals surface area contributed by atoms with Crippen LogP contribution < -0.4 is 0 Å². The molecule has 4 aromatic carbocycles. The number of phenolic OH excluding ortho intramolecular Hbond substituents is 3. The van der Waals surface area contributed by atoms with Gasteiger partial charge in [-0.2, -0.15) is 0 Å². The Morgan fingerprint density at radius 3 is 1.80 bits per heavy atom. The molecule has 2 aliphatic carbocycles. The molecule has 3 fully saturated rings. The summed E-state index contributed by atoms with van der Waals surface area (Å²) >= 11 is 0. The normalized spacial score (nSPS) is 26.2. The summed E-state index contributed by atoms with van der Waals surface area (Å²) in [6.07, 6.45) is 3.47. The predicted octanol–water partition coefficient (Wildman–Crippen LogP) is 5.08. The lowest BCUT2D eigenvalue weighted by Gasteiger charge is -2.44. The second-order valence-electron chi connectivity index (χ2n) is 13.7. The fourth-order valence-corrected chi connectivity index (χ4v) is 8.90. The van der Waals surface area contributed by atoms with Crippen molar-refractivity contribution in [2.45, 2.75) is 31.6 Å². The zero-order valence-corrected chi connectivity index (χ0v) is 26.7. The number of phenols is 3. The molecule has 1 saturated carbocycles. The van der Waals surface area contributed by atoms with Gasteiger partial charge in [-0.1, -0.05) is 66.2 Å². The summed E-state index contributed by atoms with van der Waals surface area (Å²) in [6.45, 7) is 0.376. The molecule has 2 heterocycles. The number of hydrogen-bond donors (Lipinski definition) is 3. The Morgan fingerprint density at radius 2 is 1.16 bits per heavy atom. The van der Waals surface area contributed by atoms with Gasteiger partial charge in [0.25, 0.3) is 0 Å². The predicted molar refractivity (Wildman–Crippen MR) is 180 cm³/mol. The minimum absolute atomic E-state index is 0.0262. The van der Waals surface area contributed by atoms with E-state index in [0.29, 0.717) is 24.8 Å². The number of carbonyl (C=O) groups is 4. The third kappa shape index (κ3) is 5.07. The van der Waals surface area contributed by atoms with Crippen LogP contribution in [0.3, 0.4) is 0 Å². The van der Waals surface area contributed by atoms with E-state index in [1.807, 2.05) is 36.4 Å². The molecule has 2 aliphatic heterocycles. The molecule has 0 radical (unpaired) electrons. The largest absolute Gasteiger partial charge is 0.508 e. The summed E-state index contributed by atoms with van der Waals surface area (Å²) < 4.78 is 0. The maximum absolute atomic E-state index is 14.4. The van der Waals surface area contributed by atoms with Gasteiger partial charge >= 0.3 is 0 Å². The number of allylic oxidation sites excluding steroid dienone is 2. The summed E-state index contributed by atoms with van der Waals surface area (Å²) in [6, 6.07) is 24.5. The van der Waals surface area contributed by atoms with E-state index in [9.17, 15) is 34.5 Å². The maximum Gasteiger partial charge on any atom is 0.234 e. The number of imide groups is 2. The van der Waals surface area contributed by atoms with Gasteiger partial charge in [-0.25, -0.2) is 0 Å². The third-order valence-electron chi connectivity index (χ3n) is 11.2. The molecule has 0 aromatic heterocycles. The van der Waals surface area contributed by atoms with Gasteiger partial charge in [0.15, 0.2) is 0 Å². The molecule has 6 unspecified atom stereocenters. The molecule has 2 saturated heterocycles. The molecule has 8 rings (SSSR count). The molecule has 4 aliphatic rings. The smallest absolute Gasteiger partial charge is 0.234 e. The minimum Gasteiger partial charge on any atom is -0.508 e. The monoisotopic (exact) mass is 656 g/mol. The van der Waals surface area contributed by atoms with Crippen LogP contribution in [0.2, 0.25) is 0 Å². The summed E-state index contributed by atoms with van der Waals surface area (Å²) in [7, 11) is 0. The first kappa shape index (κ1) is 30.9. The lowest BCUT2D eigenvalue weighted by atomic mass is 9.56. The Bertz CT molecular complexity index is 2040. The van der Waals surface area contributed by atoms with Crippen molar-refractivity contribution in [3.8, 4) is 17.2 Å². The second-order valence-corrected chi connectivity index (χ2v) is 13.7. The van der Waals surface area contributed by atoms with Crippen molar-refractivity contribution >= 4 is 34.4 Å². The van der Waals surface area contributed by atoms with Crippen LogP contribution in [0.5, 0.6) is 17.2 Å². The van der Waals surface area contributed by atoms with Crippen molar-refractivity contribution in [3.05, 3.63) is 113 Å². The first-order valence-corrected chi connectivity index (χ1v) is 16.9. The summed E-state index contributed by atoms with van der Waals surface area (Å²) in [5.74, 6) is -4.57. The van der Waals surface area contributed by atoms with Crippen molar-refractivity contribution < 1.29 is 34.5 Å². The van der Waals surface area contributed by atoms with E-state index in [4.69, 9.17) is 0 Å². The van der Waals surface area contributed by atoms with Gasteiger partial charge in [0.05, 0.1) is 23.7 Å². The summed E-state index contributed by atoms with van der Waals surface area (Å²) in [5.41, 5.74) is 3.18. The van der Waals surface area contributed by atoms with Crippen LogP contribution >= 0.6 is 0 Å². The van der Waals surface area contributed by atoms with Gasteiger partial charge < -0.3 is 15.3 Å². The molecule has 49 heavy (non-hydrogen) atoms. The average molecular weight is 657 g/mol. The molecule has 3 N–H and O–H groups in total. The van der Waals surface area contributed by atoms with Gasteiger partial charge in [0.1, 0.15) is 17.2 Å². The van der Waals surface area contributed by atoms with E-state index >= 15 is 0 Å². The molecular formula is C40H36N2O7. The maximum atomic E-state index is 14.4. The number of hydrogen-bond acceptors (Lipinski definition) is 7. The number of carbonyl (C=O) groups excluding carboxylic acids is 4. The van der Waals surface area contributed by atoms with E-state index in [-0.39, 0.29) is 60.4 Å². The van der Waals surface area contributed by atoms with Gasteiger partial charge in [0.2, 0.25) is 23.6 Å². The number of rotatable bonds is 7. The van der Waals surface area contributed by atoms with Crippen LogP contribution in [0.25, 0.3) is 10.8 Å². The van der Waals surface area contributed by atoms with E-state index in [0.717, 1.165) is 27.5 Å². The highest BCUT2D eigenvalue weighted by molar-refractivity contribution is 6.08. The van der Waals surface area contributed by atoms with E-state index in [2.05, 4.69) is 0 Å². The number of benzene rings is 4. The van der Waals surface area contributed by atoms with E-state index < -0.39 is 35.5 Å². The molecule has 4 aromatic rings. The van der Waals surface area contributed by atoms with E-state index in [1.54, 1.807) is 54.6 Å². The first-order valence-electron chi connectivity index (χ1n) is 16.9. The van der Waals surface area contributed by atoms with Crippen LogP contribution in [0.1, 0.15) is 35.4 Å². The van der Waals surface area contributed by atoms with Crippen LogP contribution in [0.4, 0.5) is 0 Å². The van der Waals surface area contributed by atoms with Gasteiger partial charge in [-0.15, -0.1) is 0 Å². The number of likely N-dealkylation sites (tertiary alicyclic amines) is 2. The number of fused-ring (bicyclic) bond motifs is 5. The molecule has 6 atom stereocenters. The van der Waals surface area contributed by atoms with Crippen LogP contribution in [-0.4, -0.2) is 61.8 Å². The number of aromatic hydroxyl groups is 3. The van der Waals surface area contributed by atoms with E-state index in [1.165, 1.54) is 9.80 Å². The zero-order chi connectivity index (χ0) is 34.0. The fraction of sp³-hybridized carbons (Fsp3) is 0.300. The lowest BCUT2D eigenvalue weighted by Crippen LogP contribution is -2.43. The molecule has 0 bridgehead atoms. The lowest BCUT2D eigenvalue weighted by molar-refractivity contribution is -0.142. The Balaban J connectivity index is 1.16. The standard InChI is InChI=1S/C40H36N2O7/c43-25-10-5-22(6-11-25)17-19-41-37(46)29-15-14-28-30(33(29)39(41)48)21-31-36(35(28)34-27-4-2-1-3-24(27)9-16-32(34)45)40(49)42(38(31)47)20-18-23-7-12-26(44)13-8-23/h1-14,16,29-31,33,35-36,43-45H,15,17-21H2. The van der Waals surface area contributed by atoms with Crippen molar-refractivity contribution in [1.82, 2.24) is 9.80 Å². The van der Waals surface area contributed by atoms with Crippen molar-refractivity contribution in [2.75, 3.05) is 13.1 Å². The Kier molecular flexibility index (Phi) is 7.50. The highest BCUT2D eigenvalue weighted by Crippen LogP contribution is 2.59. The second kappa shape index (κ2) is 11.9. The molecule has 9 heteroatoms. The van der Waals surface area contributed by atoms with Gasteiger partial charge in [-0.05, 0) is 83.8 Å². The van der Waals surface area contributed by atoms with Gasteiger partial charge in [0, 0.05) is 24.6 Å². The first-order chi connectivity index (χ1) is 23.7. The average Bonchev–Trinajstić information content (AvgIpc) is 3.50. The Labute approximate surface area is 283 Å². The van der Waals surface area contributed by atoms with Crippen LogP contribution in [-0.2, 0) is 32.0 Å². The Hall–Kier alpha value is -5.44. The zero-order valence-electron chi connectivity index (χ0n) is 26.7. The third-order valence-corrected chi connectivity index (χ3v) is 11.2. The van der Waals surface area contributed by atoms with Crippen LogP contribution in [0.15, 0.2) is 96.6 Å². The fourth-order valence-electron chi connectivity index (χ4n) is 8.90. The van der Waals surface area contributed by atoms with Crippen molar-refractivity contribution in [1.29, 1.82) is 0 Å². The molecular weight excluding hydrogens is 620 g/mol. The molecule has 4 amide bonds. The Morgan fingerprint density at radius 1 is 0.592 bits per heavy atom. The molecule has 248 valence electrons. The molecule has 0 spiro atoms.